The van der Waals surface area contributed by atoms with Gasteiger partial charge in [-0.15, -0.1) is 0 Å². The summed E-state index contributed by atoms with van der Waals surface area (Å²) in [6.07, 6.45) is -1.75. The van der Waals surface area contributed by atoms with E-state index >= 15 is 0 Å². The lowest BCUT2D eigenvalue weighted by Gasteiger charge is -2.32. The number of halogens is 3. The number of methoxy groups -OCH3 is 1. The summed E-state index contributed by atoms with van der Waals surface area (Å²) in [7, 11) is 1.61. The highest BCUT2D eigenvalue weighted by molar-refractivity contribution is 5.76. The third kappa shape index (κ3) is 7.44. The first kappa shape index (κ1) is 23.9. The van der Waals surface area contributed by atoms with Gasteiger partial charge in [-0.1, -0.05) is 18.2 Å². The summed E-state index contributed by atoms with van der Waals surface area (Å²) in [4.78, 5) is 14.3. The van der Waals surface area contributed by atoms with Crippen molar-refractivity contribution in [2.75, 3.05) is 26.8 Å². The van der Waals surface area contributed by atoms with E-state index in [1.54, 1.807) is 13.2 Å². The molecule has 1 N–H and O–H groups in total. The van der Waals surface area contributed by atoms with Gasteiger partial charge in [-0.3, -0.25) is 9.69 Å². The molecule has 2 aromatic carbocycles. The van der Waals surface area contributed by atoms with Crippen molar-refractivity contribution in [1.82, 2.24) is 10.2 Å². The summed E-state index contributed by atoms with van der Waals surface area (Å²) in [5.41, 5.74) is 0.0345. The largest absolute Gasteiger partial charge is 0.497 e. The van der Waals surface area contributed by atoms with Gasteiger partial charge in [-0.05, 0) is 55.2 Å². The molecule has 0 spiro atoms. The molecule has 5 nitrogen and oxygen atoms in total. The van der Waals surface area contributed by atoms with E-state index in [0.717, 1.165) is 43.5 Å². The Morgan fingerprint density at radius 3 is 2.44 bits per heavy atom. The van der Waals surface area contributed by atoms with E-state index in [0.29, 0.717) is 31.6 Å². The molecule has 1 fully saturated rings. The third-order valence-corrected chi connectivity index (χ3v) is 5.49. The van der Waals surface area contributed by atoms with Crippen molar-refractivity contribution in [2.45, 2.75) is 44.4 Å². The zero-order valence-electron chi connectivity index (χ0n) is 18.2. The van der Waals surface area contributed by atoms with E-state index in [-0.39, 0.29) is 11.9 Å². The number of ether oxygens (including phenoxy) is 2. The molecule has 1 heterocycles. The Morgan fingerprint density at radius 1 is 1.09 bits per heavy atom. The Morgan fingerprint density at radius 2 is 1.78 bits per heavy atom. The Bertz CT molecular complexity index is 864. The van der Waals surface area contributed by atoms with E-state index in [9.17, 15) is 18.0 Å². The summed E-state index contributed by atoms with van der Waals surface area (Å²) < 4.78 is 49.4. The SMILES string of the molecule is COc1ccc(OCCCC(=O)NC2CCN(Cc3cccc(C(F)(F)F)c3)CC2)cc1. The highest BCUT2D eigenvalue weighted by Gasteiger charge is 2.30. The second-order valence-corrected chi connectivity index (χ2v) is 7.94. The lowest BCUT2D eigenvalue weighted by Crippen LogP contribution is -2.44. The average molecular weight is 451 g/mol. The maximum absolute atomic E-state index is 12.9. The van der Waals surface area contributed by atoms with Crippen LogP contribution in [0.15, 0.2) is 48.5 Å². The van der Waals surface area contributed by atoms with Crippen LogP contribution >= 0.6 is 0 Å². The fraction of sp³-hybridized carbons (Fsp3) is 0.458. The minimum Gasteiger partial charge on any atom is -0.497 e. The van der Waals surface area contributed by atoms with Gasteiger partial charge in [0.1, 0.15) is 11.5 Å². The van der Waals surface area contributed by atoms with Gasteiger partial charge >= 0.3 is 6.18 Å². The van der Waals surface area contributed by atoms with Gasteiger partial charge in [-0.2, -0.15) is 13.2 Å². The molecule has 0 radical (unpaired) electrons. The standard InChI is InChI=1S/C24H29F3N2O3/c1-31-21-7-9-22(10-8-21)32-15-3-6-23(30)28-20-11-13-29(14-12-20)17-18-4-2-5-19(16-18)24(25,26)27/h2,4-5,7-10,16,20H,3,6,11-15,17H2,1H3,(H,28,30). The molecule has 0 unspecified atom stereocenters. The van der Waals surface area contributed by atoms with Crippen molar-refractivity contribution in [3.8, 4) is 11.5 Å². The molecule has 0 aliphatic carbocycles. The smallest absolute Gasteiger partial charge is 0.416 e. The minimum absolute atomic E-state index is 0.000315. The number of nitrogens with one attached hydrogen (secondary N) is 1. The second-order valence-electron chi connectivity index (χ2n) is 7.94. The number of alkyl halides is 3. The maximum Gasteiger partial charge on any atom is 0.416 e. The zero-order valence-corrected chi connectivity index (χ0v) is 18.2. The van der Waals surface area contributed by atoms with Gasteiger partial charge in [0.15, 0.2) is 0 Å². The van der Waals surface area contributed by atoms with Gasteiger partial charge in [-0.25, -0.2) is 0 Å². The Kier molecular flexibility index (Phi) is 8.39. The van der Waals surface area contributed by atoms with E-state index in [2.05, 4.69) is 10.2 Å². The molecule has 0 atom stereocenters. The van der Waals surface area contributed by atoms with Crippen LogP contribution in [0.3, 0.4) is 0 Å². The topological polar surface area (TPSA) is 50.8 Å². The van der Waals surface area contributed by atoms with Gasteiger partial charge in [0.25, 0.3) is 0 Å². The predicted octanol–water partition coefficient (Wildman–Crippen LogP) is 4.65. The van der Waals surface area contributed by atoms with Crippen LogP contribution in [0, 0.1) is 0 Å². The maximum atomic E-state index is 12.9. The van der Waals surface area contributed by atoms with Crippen molar-refractivity contribution in [3.05, 3.63) is 59.7 Å². The molecule has 174 valence electrons. The van der Waals surface area contributed by atoms with Crippen molar-refractivity contribution in [3.63, 3.8) is 0 Å². The lowest BCUT2D eigenvalue weighted by molar-refractivity contribution is -0.137. The molecule has 0 bridgehead atoms. The summed E-state index contributed by atoms with van der Waals surface area (Å²) in [6.45, 7) is 2.41. The first-order valence-corrected chi connectivity index (χ1v) is 10.8. The summed E-state index contributed by atoms with van der Waals surface area (Å²) in [5.74, 6) is 1.50. The second kappa shape index (κ2) is 11.2. The molecule has 1 aliphatic rings. The fourth-order valence-corrected chi connectivity index (χ4v) is 3.73. The van der Waals surface area contributed by atoms with Crippen LogP contribution in [0.2, 0.25) is 0 Å². The number of carbonyl (C=O) groups excluding carboxylic acids is 1. The molecule has 32 heavy (non-hydrogen) atoms. The number of amides is 1. The monoisotopic (exact) mass is 450 g/mol. The average Bonchev–Trinajstić information content (AvgIpc) is 2.78. The van der Waals surface area contributed by atoms with E-state index in [1.807, 2.05) is 24.3 Å². The summed E-state index contributed by atoms with van der Waals surface area (Å²) >= 11 is 0. The summed E-state index contributed by atoms with van der Waals surface area (Å²) in [5, 5.41) is 3.06. The van der Waals surface area contributed by atoms with Gasteiger partial charge in [0, 0.05) is 32.1 Å². The molecular formula is C24H29F3N2O3. The number of benzene rings is 2. The quantitative estimate of drug-likeness (QED) is 0.565. The zero-order chi connectivity index (χ0) is 23.0. The highest BCUT2D eigenvalue weighted by Crippen LogP contribution is 2.30. The molecule has 1 saturated heterocycles. The molecule has 8 heteroatoms. The number of nitrogens with zero attached hydrogens (tertiary/aromatic N) is 1. The molecule has 0 saturated carbocycles. The van der Waals surface area contributed by atoms with E-state index in [4.69, 9.17) is 9.47 Å². The van der Waals surface area contributed by atoms with Crippen molar-refractivity contribution >= 4 is 5.91 Å². The van der Waals surface area contributed by atoms with Crippen molar-refractivity contribution in [2.24, 2.45) is 0 Å². The molecule has 1 aliphatic heterocycles. The number of hydrogen-bond acceptors (Lipinski definition) is 4. The van der Waals surface area contributed by atoms with Crippen LogP contribution in [0.5, 0.6) is 11.5 Å². The van der Waals surface area contributed by atoms with E-state index < -0.39 is 11.7 Å². The van der Waals surface area contributed by atoms with Crippen LogP contribution in [0.4, 0.5) is 13.2 Å². The predicted molar refractivity (Wildman–Crippen MR) is 116 cm³/mol. The Labute approximate surface area is 186 Å². The number of rotatable bonds is 9. The normalized spacial score (nSPS) is 15.4. The van der Waals surface area contributed by atoms with Gasteiger partial charge < -0.3 is 14.8 Å². The fourth-order valence-electron chi connectivity index (χ4n) is 3.73. The van der Waals surface area contributed by atoms with Crippen LogP contribution in [0.1, 0.15) is 36.8 Å². The number of hydrogen-bond donors (Lipinski definition) is 1. The Balaban J connectivity index is 1.32. The first-order valence-electron chi connectivity index (χ1n) is 10.8. The van der Waals surface area contributed by atoms with Gasteiger partial charge in [0.2, 0.25) is 5.91 Å². The molecule has 0 aromatic heterocycles. The summed E-state index contributed by atoms with van der Waals surface area (Å²) in [6, 6.07) is 12.9. The minimum atomic E-state index is -4.33. The van der Waals surface area contributed by atoms with Crippen LogP contribution < -0.4 is 14.8 Å². The number of piperidine rings is 1. The molecule has 1 amide bonds. The molecule has 2 aromatic rings. The Hall–Kier alpha value is -2.74. The van der Waals surface area contributed by atoms with Crippen LogP contribution in [-0.2, 0) is 17.5 Å². The van der Waals surface area contributed by atoms with Crippen LogP contribution in [-0.4, -0.2) is 43.7 Å². The van der Waals surface area contributed by atoms with Crippen LogP contribution in [0.25, 0.3) is 0 Å². The number of likely N-dealkylation sites (tertiary alicyclic amines) is 1. The van der Waals surface area contributed by atoms with Crippen molar-refractivity contribution < 1.29 is 27.4 Å². The van der Waals surface area contributed by atoms with E-state index in [1.165, 1.54) is 12.1 Å². The third-order valence-electron chi connectivity index (χ3n) is 5.49. The first-order chi connectivity index (χ1) is 15.3. The lowest BCUT2D eigenvalue weighted by atomic mass is 10.0. The molecular weight excluding hydrogens is 421 g/mol. The van der Waals surface area contributed by atoms with Gasteiger partial charge in [0.05, 0.1) is 19.3 Å². The number of carbonyl (C=O) groups is 1. The molecule has 3 rings (SSSR count). The van der Waals surface area contributed by atoms with Crippen molar-refractivity contribution in [1.29, 1.82) is 0 Å². The highest BCUT2D eigenvalue weighted by atomic mass is 19.4.